The molecule has 1 heterocycles. The van der Waals surface area contributed by atoms with E-state index in [-0.39, 0.29) is 6.04 Å². The molecule has 2 fully saturated rings. The van der Waals surface area contributed by atoms with E-state index in [0.717, 1.165) is 18.4 Å². The normalized spacial score (nSPS) is 23.3. The first kappa shape index (κ1) is 12.6. The Morgan fingerprint density at radius 2 is 2.17 bits per heavy atom. The number of hydrogen-bond acceptors (Lipinski definition) is 3. The standard InChI is InChI=1S/C15H24N2S/c1-2-13(16)15(14-4-3-9-18-14)17(12-7-8-12)10-11-5-6-11/h3-4,9,11-13,15H,2,5-8,10,16H2,1H3. The van der Waals surface area contributed by atoms with Crippen molar-refractivity contribution in [2.45, 2.75) is 57.2 Å². The average Bonchev–Trinajstić information content (AvgIpc) is 3.29. The van der Waals surface area contributed by atoms with Crippen molar-refractivity contribution in [1.82, 2.24) is 4.90 Å². The average molecular weight is 264 g/mol. The van der Waals surface area contributed by atoms with Crippen molar-refractivity contribution in [2.75, 3.05) is 6.54 Å². The van der Waals surface area contributed by atoms with Crippen LogP contribution >= 0.6 is 11.3 Å². The molecule has 2 nitrogen and oxygen atoms in total. The molecule has 2 aliphatic carbocycles. The second-order valence-electron chi connectivity index (χ2n) is 5.90. The van der Waals surface area contributed by atoms with Gasteiger partial charge < -0.3 is 5.73 Å². The summed E-state index contributed by atoms with van der Waals surface area (Å²) in [6.07, 6.45) is 6.69. The van der Waals surface area contributed by atoms with Gasteiger partial charge in [0.25, 0.3) is 0 Å². The Hall–Kier alpha value is -0.380. The molecule has 100 valence electrons. The van der Waals surface area contributed by atoms with E-state index >= 15 is 0 Å². The monoisotopic (exact) mass is 264 g/mol. The summed E-state index contributed by atoms with van der Waals surface area (Å²) in [6.45, 7) is 3.49. The summed E-state index contributed by atoms with van der Waals surface area (Å²) in [5.41, 5.74) is 6.44. The Labute approximate surface area is 114 Å². The predicted octanol–water partition coefficient (Wildman–Crippen LogP) is 3.40. The zero-order valence-electron chi connectivity index (χ0n) is 11.2. The van der Waals surface area contributed by atoms with Gasteiger partial charge in [-0.1, -0.05) is 13.0 Å². The van der Waals surface area contributed by atoms with Gasteiger partial charge in [0, 0.05) is 23.5 Å². The second kappa shape index (κ2) is 5.32. The van der Waals surface area contributed by atoms with E-state index in [2.05, 4.69) is 29.3 Å². The van der Waals surface area contributed by atoms with Gasteiger partial charge in [-0.3, -0.25) is 4.90 Å². The van der Waals surface area contributed by atoms with Crippen molar-refractivity contribution in [3.63, 3.8) is 0 Å². The minimum absolute atomic E-state index is 0.281. The molecular weight excluding hydrogens is 240 g/mol. The van der Waals surface area contributed by atoms with Crippen LogP contribution < -0.4 is 5.73 Å². The highest BCUT2D eigenvalue weighted by Gasteiger charge is 2.40. The van der Waals surface area contributed by atoms with Gasteiger partial charge in [-0.25, -0.2) is 0 Å². The van der Waals surface area contributed by atoms with Crippen molar-refractivity contribution in [3.8, 4) is 0 Å². The van der Waals surface area contributed by atoms with Crippen molar-refractivity contribution in [2.24, 2.45) is 11.7 Å². The van der Waals surface area contributed by atoms with Gasteiger partial charge in [-0.15, -0.1) is 11.3 Å². The fourth-order valence-corrected chi connectivity index (χ4v) is 3.72. The number of thiophene rings is 1. The first-order valence-electron chi connectivity index (χ1n) is 7.34. The molecule has 0 radical (unpaired) electrons. The summed E-state index contributed by atoms with van der Waals surface area (Å²) < 4.78 is 0. The van der Waals surface area contributed by atoms with Crippen LogP contribution in [0.25, 0.3) is 0 Å². The van der Waals surface area contributed by atoms with Crippen molar-refractivity contribution < 1.29 is 0 Å². The van der Waals surface area contributed by atoms with E-state index in [4.69, 9.17) is 5.73 Å². The second-order valence-corrected chi connectivity index (χ2v) is 6.88. The maximum Gasteiger partial charge on any atom is 0.0595 e. The van der Waals surface area contributed by atoms with Crippen LogP contribution in [0.15, 0.2) is 17.5 Å². The first-order valence-corrected chi connectivity index (χ1v) is 8.22. The summed E-state index contributed by atoms with van der Waals surface area (Å²) in [4.78, 5) is 4.20. The highest BCUT2D eigenvalue weighted by molar-refractivity contribution is 7.10. The lowest BCUT2D eigenvalue weighted by atomic mass is 10.0. The predicted molar refractivity (Wildman–Crippen MR) is 77.8 cm³/mol. The topological polar surface area (TPSA) is 29.3 Å². The van der Waals surface area contributed by atoms with Gasteiger partial charge >= 0.3 is 0 Å². The summed E-state index contributed by atoms with van der Waals surface area (Å²) >= 11 is 1.87. The van der Waals surface area contributed by atoms with Gasteiger partial charge in [0.05, 0.1) is 6.04 Å². The van der Waals surface area contributed by atoms with Gasteiger partial charge in [0.15, 0.2) is 0 Å². The SMILES string of the molecule is CCC(N)C(c1cccs1)N(CC1CC1)C1CC1. The molecule has 0 spiro atoms. The fourth-order valence-electron chi connectivity index (χ4n) is 2.80. The fraction of sp³-hybridized carbons (Fsp3) is 0.733. The van der Waals surface area contributed by atoms with Gasteiger partial charge in [-0.2, -0.15) is 0 Å². The van der Waals surface area contributed by atoms with Crippen LogP contribution in [0.4, 0.5) is 0 Å². The maximum absolute atomic E-state index is 6.44. The van der Waals surface area contributed by atoms with E-state index in [1.807, 2.05) is 11.3 Å². The molecule has 3 heteroatoms. The number of nitrogens with zero attached hydrogens (tertiary/aromatic N) is 1. The number of nitrogens with two attached hydrogens (primary N) is 1. The maximum atomic E-state index is 6.44. The van der Waals surface area contributed by atoms with Crippen LogP contribution in [0.2, 0.25) is 0 Å². The molecule has 18 heavy (non-hydrogen) atoms. The van der Waals surface area contributed by atoms with Crippen LogP contribution in [-0.4, -0.2) is 23.5 Å². The van der Waals surface area contributed by atoms with Crippen molar-refractivity contribution in [3.05, 3.63) is 22.4 Å². The van der Waals surface area contributed by atoms with Crippen LogP contribution in [0.3, 0.4) is 0 Å². The smallest absolute Gasteiger partial charge is 0.0595 e. The molecule has 1 aromatic heterocycles. The Balaban J connectivity index is 1.80. The highest BCUT2D eigenvalue weighted by Crippen LogP contribution is 2.41. The molecule has 2 N–H and O–H groups in total. The Bertz CT molecular complexity index is 368. The van der Waals surface area contributed by atoms with E-state index in [1.165, 1.54) is 37.1 Å². The van der Waals surface area contributed by atoms with Gasteiger partial charge in [0.1, 0.15) is 0 Å². The number of rotatable bonds is 7. The van der Waals surface area contributed by atoms with Crippen LogP contribution in [0.5, 0.6) is 0 Å². The molecule has 0 saturated heterocycles. The molecule has 0 aromatic carbocycles. The highest BCUT2D eigenvalue weighted by atomic mass is 32.1. The Kier molecular flexibility index (Phi) is 3.73. The molecule has 1 aromatic rings. The summed E-state index contributed by atoms with van der Waals surface area (Å²) in [5.74, 6) is 0.956. The third-order valence-corrected chi connectivity index (χ3v) is 5.19. The summed E-state index contributed by atoms with van der Waals surface area (Å²) in [7, 11) is 0. The van der Waals surface area contributed by atoms with E-state index in [1.54, 1.807) is 0 Å². The molecule has 0 aliphatic heterocycles. The van der Waals surface area contributed by atoms with Gasteiger partial charge in [0.2, 0.25) is 0 Å². The molecule has 2 saturated carbocycles. The van der Waals surface area contributed by atoms with E-state index in [9.17, 15) is 0 Å². The minimum atomic E-state index is 0.281. The summed E-state index contributed by atoms with van der Waals surface area (Å²) in [6, 6.07) is 5.99. The zero-order chi connectivity index (χ0) is 12.5. The molecule has 0 amide bonds. The largest absolute Gasteiger partial charge is 0.326 e. The third kappa shape index (κ3) is 2.79. The third-order valence-electron chi connectivity index (χ3n) is 4.25. The van der Waals surface area contributed by atoms with E-state index in [0.29, 0.717) is 6.04 Å². The Morgan fingerprint density at radius 1 is 1.39 bits per heavy atom. The molecule has 2 unspecified atom stereocenters. The lowest BCUT2D eigenvalue weighted by Crippen LogP contribution is -2.42. The summed E-state index contributed by atoms with van der Waals surface area (Å²) in [5, 5.41) is 2.19. The van der Waals surface area contributed by atoms with Gasteiger partial charge in [-0.05, 0) is 49.5 Å². The van der Waals surface area contributed by atoms with Crippen LogP contribution in [-0.2, 0) is 0 Å². The molecular formula is C15H24N2S. The Morgan fingerprint density at radius 3 is 2.67 bits per heavy atom. The van der Waals surface area contributed by atoms with Crippen LogP contribution in [0, 0.1) is 5.92 Å². The minimum Gasteiger partial charge on any atom is -0.326 e. The van der Waals surface area contributed by atoms with Crippen LogP contribution in [0.1, 0.15) is 49.9 Å². The quantitative estimate of drug-likeness (QED) is 0.818. The molecule has 3 rings (SSSR count). The zero-order valence-corrected chi connectivity index (χ0v) is 12.0. The molecule has 0 bridgehead atoms. The lowest BCUT2D eigenvalue weighted by molar-refractivity contribution is 0.155. The van der Waals surface area contributed by atoms with Crippen molar-refractivity contribution >= 4 is 11.3 Å². The van der Waals surface area contributed by atoms with Crippen molar-refractivity contribution in [1.29, 1.82) is 0 Å². The molecule has 2 atom stereocenters. The first-order chi connectivity index (χ1) is 8.79. The number of hydrogen-bond donors (Lipinski definition) is 1. The lowest BCUT2D eigenvalue weighted by Gasteiger charge is -2.35. The van der Waals surface area contributed by atoms with E-state index < -0.39 is 0 Å². The molecule has 2 aliphatic rings.